The summed E-state index contributed by atoms with van der Waals surface area (Å²) >= 11 is 0. The molecule has 2 heterocycles. The van der Waals surface area contributed by atoms with Gasteiger partial charge in [0.05, 0.1) is 13.2 Å². The molecule has 0 spiro atoms. The van der Waals surface area contributed by atoms with Gasteiger partial charge in [-0.15, -0.1) is 0 Å². The fourth-order valence-corrected chi connectivity index (χ4v) is 3.47. The van der Waals surface area contributed by atoms with Gasteiger partial charge in [0.1, 0.15) is 0 Å². The Bertz CT molecular complexity index is 705. The van der Waals surface area contributed by atoms with E-state index < -0.39 is 0 Å². The maximum Gasteiger partial charge on any atom is 0.191 e. The van der Waals surface area contributed by atoms with Crippen molar-refractivity contribution < 1.29 is 4.74 Å². The summed E-state index contributed by atoms with van der Waals surface area (Å²) in [4.78, 5) is 10.5. The van der Waals surface area contributed by atoms with Crippen LogP contribution in [0.3, 0.4) is 0 Å². The minimum atomic E-state index is 0.832. The summed E-state index contributed by atoms with van der Waals surface area (Å²) in [7, 11) is 0. The average molecular weight is 372 g/mol. The number of nitrogens with zero attached hydrogens (tertiary/aromatic N) is 2. The van der Waals surface area contributed by atoms with Gasteiger partial charge in [0, 0.05) is 49.8 Å². The number of benzene rings is 1. The second kappa shape index (κ2) is 10.9. The first-order valence-corrected chi connectivity index (χ1v) is 10.2. The zero-order valence-corrected chi connectivity index (χ0v) is 16.5. The second-order valence-corrected chi connectivity index (χ2v) is 6.96. The predicted octanol–water partition coefficient (Wildman–Crippen LogP) is 2.38. The van der Waals surface area contributed by atoms with Crippen LogP contribution >= 0.6 is 0 Å². The Balaban J connectivity index is 1.37. The third kappa shape index (κ3) is 6.26. The second-order valence-electron chi connectivity index (χ2n) is 6.96. The van der Waals surface area contributed by atoms with E-state index in [0.717, 1.165) is 77.7 Å². The Morgan fingerprint density at radius 1 is 1.19 bits per heavy atom. The zero-order valence-electron chi connectivity index (χ0n) is 16.5. The van der Waals surface area contributed by atoms with Crippen LogP contribution in [-0.2, 0) is 11.2 Å². The van der Waals surface area contributed by atoms with Crippen LogP contribution in [0.5, 0.6) is 0 Å². The minimum absolute atomic E-state index is 0.832. The van der Waals surface area contributed by atoms with Crippen molar-refractivity contribution in [2.45, 2.75) is 26.2 Å². The number of aryl methyl sites for hydroxylation is 1. The number of guanidine groups is 1. The van der Waals surface area contributed by atoms with Crippen LogP contribution in [0, 0.1) is 0 Å². The Labute approximate surface area is 162 Å². The molecule has 0 amide bonds. The number of aliphatic imine (C=N–C) groups is 1. The SMILES string of the molecule is CCNC(=NCCCc1c[nH]c2ccccc12)NCCCN1CCOCC1. The van der Waals surface area contributed by atoms with E-state index in [2.05, 4.69) is 57.9 Å². The van der Waals surface area contributed by atoms with Gasteiger partial charge in [-0.25, -0.2) is 0 Å². The highest BCUT2D eigenvalue weighted by atomic mass is 16.5. The van der Waals surface area contributed by atoms with Crippen LogP contribution in [0.4, 0.5) is 0 Å². The average Bonchev–Trinajstić information content (AvgIpc) is 3.12. The minimum Gasteiger partial charge on any atom is -0.379 e. The lowest BCUT2D eigenvalue weighted by Crippen LogP contribution is -2.40. The Morgan fingerprint density at radius 2 is 2.04 bits per heavy atom. The summed E-state index contributed by atoms with van der Waals surface area (Å²) in [5.74, 6) is 0.929. The third-order valence-corrected chi connectivity index (χ3v) is 4.94. The van der Waals surface area contributed by atoms with Gasteiger partial charge < -0.3 is 20.4 Å². The fraction of sp³-hybridized carbons (Fsp3) is 0.571. The summed E-state index contributed by atoms with van der Waals surface area (Å²) in [5, 5.41) is 8.13. The number of hydrogen-bond acceptors (Lipinski definition) is 3. The van der Waals surface area contributed by atoms with Crippen molar-refractivity contribution in [3.8, 4) is 0 Å². The number of aromatic amines is 1. The number of morpholine rings is 1. The van der Waals surface area contributed by atoms with Gasteiger partial charge in [0.15, 0.2) is 5.96 Å². The molecule has 1 saturated heterocycles. The molecule has 1 aliphatic heterocycles. The van der Waals surface area contributed by atoms with E-state index in [1.54, 1.807) is 0 Å². The van der Waals surface area contributed by atoms with Crippen LogP contribution in [0.25, 0.3) is 10.9 Å². The molecule has 2 aromatic rings. The first-order chi connectivity index (χ1) is 13.4. The summed E-state index contributed by atoms with van der Waals surface area (Å²) in [5.41, 5.74) is 2.59. The molecule has 0 bridgehead atoms. The quantitative estimate of drug-likeness (QED) is 0.360. The number of hydrogen-bond donors (Lipinski definition) is 3. The molecule has 3 rings (SSSR count). The molecule has 1 aliphatic rings. The van der Waals surface area contributed by atoms with E-state index in [1.165, 1.54) is 16.5 Å². The number of ether oxygens (including phenoxy) is 1. The van der Waals surface area contributed by atoms with E-state index in [9.17, 15) is 0 Å². The number of nitrogens with one attached hydrogen (secondary N) is 3. The molecule has 0 unspecified atom stereocenters. The van der Waals surface area contributed by atoms with Crippen LogP contribution in [-0.4, -0.2) is 68.3 Å². The molecular weight excluding hydrogens is 338 g/mol. The monoisotopic (exact) mass is 371 g/mol. The number of H-pyrrole nitrogens is 1. The highest BCUT2D eigenvalue weighted by Crippen LogP contribution is 2.18. The zero-order chi connectivity index (χ0) is 18.7. The first kappa shape index (κ1) is 19.7. The number of fused-ring (bicyclic) bond motifs is 1. The number of aromatic nitrogens is 1. The summed E-state index contributed by atoms with van der Waals surface area (Å²) < 4.78 is 5.39. The van der Waals surface area contributed by atoms with E-state index >= 15 is 0 Å². The predicted molar refractivity (Wildman–Crippen MR) is 112 cm³/mol. The summed E-state index contributed by atoms with van der Waals surface area (Å²) in [6.45, 7) is 9.75. The maximum absolute atomic E-state index is 5.39. The van der Waals surface area contributed by atoms with Gasteiger partial charge in [0.25, 0.3) is 0 Å². The van der Waals surface area contributed by atoms with Gasteiger partial charge >= 0.3 is 0 Å². The highest BCUT2D eigenvalue weighted by molar-refractivity contribution is 5.83. The fourth-order valence-electron chi connectivity index (χ4n) is 3.47. The molecule has 0 aliphatic carbocycles. The Hall–Kier alpha value is -2.05. The molecule has 27 heavy (non-hydrogen) atoms. The number of para-hydroxylation sites is 1. The lowest BCUT2D eigenvalue weighted by Gasteiger charge is -2.26. The lowest BCUT2D eigenvalue weighted by atomic mass is 10.1. The largest absolute Gasteiger partial charge is 0.379 e. The number of rotatable bonds is 9. The molecule has 148 valence electrons. The lowest BCUT2D eigenvalue weighted by molar-refractivity contribution is 0.0376. The van der Waals surface area contributed by atoms with Crippen molar-refractivity contribution in [3.05, 3.63) is 36.0 Å². The van der Waals surface area contributed by atoms with E-state index in [1.807, 2.05) is 0 Å². The standard InChI is InChI=1S/C21H33N5O/c1-2-22-21(24-11-6-12-26-13-15-27-16-14-26)23-10-5-7-18-17-25-20-9-4-3-8-19(18)20/h3-4,8-9,17,25H,2,5-7,10-16H2,1H3,(H2,22,23,24). The Kier molecular flexibility index (Phi) is 7.99. The van der Waals surface area contributed by atoms with Gasteiger partial charge in [-0.05, 0) is 44.4 Å². The molecular formula is C21H33N5O. The maximum atomic E-state index is 5.39. The van der Waals surface area contributed by atoms with Crippen molar-refractivity contribution in [1.29, 1.82) is 0 Å². The van der Waals surface area contributed by atoms with Crippen LogP contribution in [0.2, 0.25) is 0 Å². The van der Waals surface area contributed by atoms with Crippen LogP contribution in [0.1, 0.15) is 25.3 Å². The molecule has 6 nitrogen and oxygen atoms in total. The van der Waals surface area contributed by atoms with Crippen molar-refractivity contribution in [2.24, 2.45) is 4.99 Å². The van der Waals surface area contributed by atoms with Gasteiger partial charge in [-0.1, -0.05) is 18.2 Å². The topological polar surface area (TPSA) is 64.7 Å². The van der Waals surface area contributed by atoms with Crippen molar-refractivity contribution in [3.63, 3.8) is 0 Å². The van der Waals surface area contributed by atoms with Gasteiger partial charge in [0.2, 0.25) is 0 Å². The highest BCUT2D eigenvalue weighted by Gasteiger charge is 2.09. The smallest absolute Gasteiger partial charge is 0.191 e. The van der Waals surface area contributed by atoms with Gasteiger partial charge in [-0.3, -0.25) is 9.89 Å². The molecule has 0 atom stereocenters. The van der Waals surface area contributed by atoms with Gasteiger partial charge in [-0.2, -0.15) is 0 Å². The molecule has 1 aromatic carbocycles. The molecule has 1 aromatic heterocycles. The summed E-state index contributed by atoms with van der Waals surface area (Å²) in [6.07, 6.45) is 5.35. The molecule has 1 fully saturated rings. The van der Waals surface area contributed by atoms with E-state index in [-0.39, 0.29) is 0 Å². The van der Waals surface area contributed by atoms with E-state index in [4.69, 9.17) is 9.73 Å². The molecule has 0 radical (unpaired) electrons. The first-order valence-electron chi connectivity index (χ1n) is 10.2. The summed E-state index contributed by atoms with van der Waals surface area (Å²) in [6, 6.07) is 8.48. The molecule has 0 saturated carbocycles. The van der Waals surface area contributed by atoms with Crippen molar-refractivity contribution >= 4 is 16.9 Å². The molecule has 6 heteroatoms. The van der Waals surface area contributed by atoms with Crippen molar-refractivity contribution in [1.82, 2.24) is 20.5 Å². The Morgan fingerprint density at radius 3 is 2.89 bits per heavy atom. The molecule has 3 N–H and O–H groups in total. The van der Waals surface area contributed by atoms with Crippen molar-refractivity contribution in [2.75, 3.05) is 52.5 Å². The van der Waals surface area contributed by atoms with Crippen LogP contribution in [0.15, 0.2) is 35.5 Å². The third-order valence-electron chi connectivity index (χ3n) is 4.94. The van der Waals surface area contributed by atoms with Crippen LogP contribution < -0.4 is 10.6 Å². The van der Waals surface area contributed by atoms with E-state index in [0.29, 0.717) is 0 Å². The normalized spacial score (nSPS) is 16.0.